The summed E-state index contributed by atoms with van der Waals surface area (Å²) in [5.41, 5.74) is 0. The zero-order valence-electron chi connectivity index (χ0n) is 12.1. The summed E-state index contributed by atoms with van der Waals surface area (Å²) in [6.45, 7) is 13.3. The summed E-state index contributed by atoms with van der Waals surface area (Å²) in [4.78, 5) is 2.82. The van der Waals surface area contributed by atoms with Crippen molar-refractivity contribution in [1.82, 2.24) is 10.2 Å². The van der Waals surface area contributed by atoms with E-state index in [9.17, 15) is 0 Å². The zero-order chi connectivity index (χ0) is 12.4. The Morgan fingerprint density at radius 1 is 1.12 bits per heavy atom. The molecule has 0 radical (unpaired) electrons. The van der Waals surface area contributed by atoms with Gasteiger partial charge in [0.15, 0.2) is 0 Å². The second kappa shape index (κ2) is 5.71. The van der Waals surface area contributed by atoms with Crippen molar-refractivity contribution in [2.75, 3.05) is 19.6 Å². The molecule has 0 amide bonds. The quantitative estimate of drug-likeness (QED) is 0.796. The molecule has 1 saturated heterocycles. The van der Waals surface area contributed by atoms with Gasteiger partial charge in [0.1, 0.15) is 0 Å². The van der Waals surface area contributed by atoms with E-state index in [1.54, 1.807) is 0 Å². The van der Waals surface area contributed by atoms with Crippen molar-refractivity contribution in [2.45, 2.75) is 59.0 Å². The van der Waals surface area contributed by atoms with Gasteiger partial charge in [-0.2, -0.15) is 0 Å². The van der Waals surface area contributed by atoms with E-state index in [0.29, 0.717) is 0 Å². The molecule has 1 aliphatic heterocycles. The van der Waals surface area contributed by atoms with Crippen molar-refractivity contribution in [3.05, 3.63) is 0 Å². The predicted octanol–water partition coefficient (Wildman–Crippen LogP) is 2.74. The molecule has 2 rings (SSSR count). The summed E-state index contributed by atoms with van der Waals surface area (Å²) in [6, 6.07) is 1.62. The largest absolute Gasteiger partial charge is 0.314 e. The first-order chi connectivity index (χ1) is 8.09. The van der Waals surface area contributed by atoms with Gasteiger partial charge < -0.3 is 5.32 Å². The molecule has 2 fully saturated rings. The van der Waals surface area contributed by atoms with Crippen molar-refractivity contribution >= 4 is 0 Å². The number of nitrogens with one attached hydrogen (secondary N) is 1. The van der Waals surface area contributed by atoms with Gasteiger partial charge in [-0.3, -0.25) is 4.90 Å². The predicted molar refractivity (Wildman–Crippen MR) is 74.2 cm³/mol. The van der Waals surface area contributed by atoms with Crippen LogP contribution in [0, 0.1) is 17.8 Å². The molecule has 1 saturated carbocycles. The Labute approximate surface area is 107 Å². The fourth-order valence-electron chi connectivity index (χ4n) is 3.63. The molecule has 1 heterocycles. The molecule has 100 valence electrons. The van der Waals surface area contributed by atoms with Crippen LogP contribution in [-0.4, -0.2) is 36.6 Å². The van der Waals surface area contributed by atoms with Gasteiger partial charge >= 0.3 is 0 Å². The van der Waals surface area contributed by atoms with Crippen LogP contribution in [0.25, 0.3) is 0 Å². The monoisotopic (exact) mass is 238 g/mol. The van der Waals surface area contributed by atoms with Gasteiger partial charge in [0.2, 0.25) is 0 Å². The van der Waals surface area contributed by atoms with Crippen LogP contribution in [0.4, 0.5) is 0 Å². The summed E-state index contributed by atoms with van der Waals surface area (Å²) in [6.07, 6.45) is 4.28. The van der Waals surface area contributed by atoms with Gasteiger partial charge in [-0.1, -0.05) is 27.7 Å². The maximum atomic E-state index is 3.56. The van der Waals surface area contributed by atoms with Crippen molar-refractivity contribution in [1.29, 1.82) is 0 Å². The maximum Gasteiger partial charge on any atom is 0.0247 e. The van der Waals surface area contributed by atoms with Crippen molar-refractivity contribution < 1.29 is 0 Å². The number of nitrogens with zero attached hydrogens (tertiary/aromatic N) is 1. The molecule has 17 heavy (non-hydrogen) atoms. The normalized spacial score (nSPS) is 40.8. The number of rotatable bonds is 2. The third-order valence-electron chi connectivity index (χ3n) is 5.14. The van der Waals surface area contributed by atoms with Crippen LogP contribution < -0.4 is 5.32 Å². The Hall–Kier alpha value is -0.0800. The Balaban J connectivity index is 1.99. The standard InChI is InChI=1S/C15H30N2/c1-11(2)15-10-16-7-8-17(15)14-6-5-12(3)13(4)9-14/h11-16H,5-10H2,1-4H3. The third kappa shape index (κ3) is 3.03. The van der Waals surface area contributed by atoms with Gasteiger partial charge in [-0.05, 0) is 37.0 Å². The SMILES string of the molecule is CC(C)C1CNCCN1C1CCC(C)C(C)C1. The number of hydrogen-bond donors (Lipinski definition) is 1. The van der Waals surface area contributed by atoms with E-state index in [2.05, 4.69) is 37.9 Å². The molecular formula is C15H30N2. The smallest absolute Gasteiger partial charge is 0.0247 e. The zero-order valence-corrected chi connectivity index (χ0v) is 12.1. The molecule has 1 N–H and O–H groups in total. The van der Waals surface area contributed by atoms with Crippen LogP contribution in [0.1, 0.15) is 47.0 Å². The van der Waals surface area contributed by atoms with E-state index in [0.717, 1.165) is 29.8 Å². The van der Waals surface area contributed by atoms with Gasteiger partial charge in [0, 0.05) is 31.7 Å². The summed E-state index contributed by atoms with van der Waals surface area (Å²) in [7, 11) is 0. The molecule has 2 nitrogen and oxygen atoms in total. The molecule has 2 aliphatic rings. The molecule has 0 aromatic rings. The lowest BCUT2D eigenvalue weighted by molar-refractivity contribution is 0.0362. The first-order valence-electron chi connectivity index (χ1n) is 7.56. The van der Waals surface area contributed by atoms with Crippen LogP contribution in [0.2, 0.25) is 0 Å². The van der Waals surface area contributed by atoms with Crippen LogP contribution in [0.3, 0.4) is 0 Å². The van der Waals surface area contributed by atoms with Crippen LogP contribution in [0.15, 0.2) is 0 Å². The topological polar surface area (TPSA) is 15.3 Å². The van der Waals surface area contributed by atoms with E-state index in [1.807, 2.05) is 0 Å². The molecular weight excluding hydrogens is 208 g/mol. The highest BCUT2D eigenvalue weighted by molar-refractivity contribution is 4.90. The highest BCUT2D eigenvalue weighted by Crippen LogP contribution is 2.33. The lowest BCUT2D eigenvalue weighted by Crippen LogP contribution is -2.58. The fraction of sp³-hybridized carbons (Fsp3) is 1.00. The Morgan fingerprint density at radius 3 is 2.53 bits per heavy atom. The van der Waals surface area contributed by atoms with E-state index < -0.39 is 0 Å². The van der Waals surface area contributed by atoms with Gasteiger partial charge in [-0.15, -0.1) is 0 Å². The maximum absolute atomic E-state index is 3.56. The minimum atomic E-state index is 0.759. The first-order valence-corrected chi connectivity index (χ1v) is 7.56. The molecule has 0 aromatic heterocycles. The lowest BCUT2D eigenvalue weighted by Gasteiger charge is -2.47. The number of piperazine rings is 1. The Kier molecular flexibility index (Phi) is 4.48. The van der Waals surface area contributed by atoms with Crippen LogP contribution >= 0.6 is 0 Å². The molecule has 0 bridgehead atoms. The van der Waals surface area contributed by atoms with E-state index in [-0.39, 0.29) is 0 Å². The summed E-state index contributed by atoms with van der Waals surface area (Å²) in [5.74, 6) is 2.63. The van der Waals surface area contributed by atoms with Crippen molar-refractivity contribution in [2.24, 2.45) is 17.8 Å². The minimum absolute atomic E-state index is 0.759. The summed E-state index contributed by atoms with van der Waals surface area (Å²) < 4.78 is 0. The molecule has 0 spiro atoms. The second-order valence-electron chi connectivity index (χ2n) is 6.67. The van der Waals surface area contributed by atoms with E-state index in [1.165, 1.54) is 38.9 Å². The number of hydrogen-bond acceptors (Lipinski definition) is 2. The third-order valence-corrected chi connectivity index (χ3v) is 5.14. The van der Waals surface area contributed by atoms with Gasteiger partial charge in [0.25, 0.3) is 0 Å². The molecule has 0 aromatic carbocycles. The van der Waals surface area contributed by atoms with E-state index in [4.69, 9.17) is 0 Å². The molecule has 2 heteroatoms. The first kappa shape index (κ1) is 13.4. The Morgan fingerprint density at radius 2 is 1.88 bits per heavy atom. The van der Waals surface area contributed by atoms with Crippen LogP contribution in [-0.2, 0) is 0 Å². The highest BCUT2D eigenvalue weighted by atomic mass is 15.2. The molecule has 1 aliphatic carbocycles. The lowest BCUT2D eigenvalue weighted by atomic mass is 9.77. The average Bonchev–Trinajstić information content (AvgIpc) is 2.32. The van der Waals surface area contributed by atoms with Crippen molar-refractivity contribution in [3.63, 3.8) is 0 Å². The van der Waals surface area contributed by atoms with Gasteiger partial charge in [0.05, 0.1) is 0 Å². The fourth-order valence-corrected chi connectivity index (χ4v) is 3.63. The average molecular weight is 238 g/mol. The second-order valence-corrected chi connectivity index (χ2v) is 6.67. The van der Waals surface area contributed by atoms with Gasteiger partial charge in [-0.25, -0.2) is 0 Å². The summed E-state index contributed by atoms with van der Waals surface area (Å²) >= 11 is 0. The molecule has 4 unspecified atom stereocenters. The highest BCUT2D eigenvalue weighted by Gasteiger charge is 2.34. The van der Waals surface area contributed by atoms with Crippen molar-refractivity contribution in [3.8, 4) is 0 Å². The van der Waals surface area contributed by atoms with Crippen LogP contribution in [0.5, 0.6) is 0 Å². The van der Waals surface area contributed by atoms with E-state index >= 15 is 0 Å². The minimum Gasteiger partial charge on any atom is -0.314 e. The molecule has 4 atom stereocenters. The summed E-state index contributed by atoms with van der Waals surface area (Å²) in [5, 5.41) is 3.56. The Bertz CT molecular complexity index is 239.